The van der Waals surface area contributed by atoms with Gasteiger partial charge in [0.1, 0.15) is 0 Å². The molecule has 1 saturated carbocycles. The zero-order chi connectivity index (χ0) is 24.2. The van der Waals surface area contributed by atoms with E-state index in [9.17, 15) is 23.1 Å². The molecule has 0 radical (unpaired) electrons. The van der Waals surface area contributed by atoms with Gasteiger partial charge in [-0.05, 0) is 59.4 Å². The molecular weight excluding hydrogens is 453 g/mol. The molecule has 3 atom stereocenters. The maximum atomic E-state index is 13.1. The number of nitrogens with zero attached hydrogens (tertiary/aromatic N) is 1. The van der Waals surface area contributed by atoms with Crippen LogP contribution < -0.4 is 5.32 Å². The van der Waals surface area contributed by atoms with E-state index in [1.54, 1.807) is 4.90 Å². The summed E-state index contributed by atoms with van der Waals surface area (Å²) in [7, 11) is 0. The van der Waals surface area contributed by atoms with E-state index >= 15 is 0 Å². The lowest BCUT2D eigenvalue weighted by Crippen LogP contribution is -2.35. The first-order chi connectivity index (χ1) is 15.3. The fourth-order valence-corrected chi connectivity index (χ4v) is 5.28. The first kappa shape index (κ1) is 23.9. The second-order valence-corrected chi connectivity index (χ2v) is 10.7. The average Bonchev–Trinajstić information content (AvgIpc) is 3.24. The number of carbonyl (C=O) groups excluding carboxylic acids is 1. The molecule has 1 unspecified atom stereocenters. The monoisotopic (exact) mass is 480 g/mol. The third-order valence-corrected chi connectivity index (χ3v) is 7.20. The van der Waals surface area contributed by atoms with Crippen LogP contribution >= 0.6 is 11.6 Å². The third kappa shape index (κ3) is 4.85. The van der Waals surface area contributed by atoms with Crippen LogP contribution in [0.25, 0.3) is 0 Å². The number of urea groups is 1. The Kier molecular flexibility index (Phi) is 5.94. The molecule has 1 aliphatic carbocycles. The van der Waals surface area contributed by atoms with Gasteiger partial charge < -0.3 is 15.3 Å². The van der Waals surface area contributed by atoms with Crippen molar-refractivity contribution in [2.75, 3.05) is 18.4 Å². The molecule has 0 bridgehead atoms. The van der Waals surface area contributed by atoms with Crippen LogP contribution in [0.1, 0.15) is 50.3 Å². The van der Waals surface area contributed by atoms with Gasteiger partial charge in [-0.15, -0.1) is 0 Å². The number of hydrogen-bond acceptors (Lipinski definition) is 2. The number of hydrogen-bond donors (Lipinski definition) is 2. The van der Waals surface area contributed by atoms with Crippen LogP contribution in [0.4, 0.5) is 23.7 Å². The number of fused-ring (bicyclic) bond motifs is 1. The second kappa shape index (κ2) is 8.20. The summed E-state index contributed by atoms with van der Waals surface area (Å²) in [6, 6.07) is 11.0. The SMILES string of the molecule is CC(C)(C)c1ccc(C2(O)C[C@H]3CN(C(=O)Nc4ccc(Cl)c(C(F)(F)F)c4)C[C@H]3C2)cc1. The van der Waals surface area contributed by atoms with Crippen LogP contribution in [-0.4, -0.2) is 29.1 Å². The molecule has 1 aliphatic heterocycles. The number of nitrogens with one attached hydrogen (secondary N) is 1. The zero-order valence-electron chi connectivity index (χ0n) is 18.8. The Morgan fingerprint density at radius 3 is 2.15 bits per heavy atom. The van der Waals surface area contributed by atoms with Crippen LogP contribution in [0.15, 0.2) is 42.5 Å². The van der Waals surface area contributed by atoms with Gasteiger partial charge in [0.05, 0.1) is 16.2 Å². The van der Waals surface area contributed by atoms with E-state index in [0.717, 1.165) is 17.7 Å². The number of alkyl halides is 3. The highest BCUT2D eigenvalue weighted by molar-refractivity contribution is 6.31. The van der Waals surface area contributed by atoms with Crippen molar-refractivity contribution in [2.24, 2.45) is 11.8 Å². The first-order valence-electron chi connectivity index (χ1n) is 11.0. The molecule has 8 heteroatoms. The Morgan fingerprint density at radius 2 is 1.64 bits per heavy atom. The number of likely N-dealkylation sites (tertiary alicyclic amines) is 1. The van der Waals surface area contributed by atoms with Gasteiger partial charge in [-0.2, -0.15) is 13.2 Å². The van der Waals surface area contributed by atoms with Gasteiger partial charge in [-0.3, -0.25) is 0 Å². The zero-order valence-corrected chi connectivity index (χ0v) is 19.6. The highest BCUT2D eigenvalue weighted by Gasteiger charge is 2.50. The van der Waals surface area contributed by atoms with Crippen LogP contribution in [-0.2, 0) is 17.2 Å². The van der Waals surface area contributed by atoms with E-state index in [1.165, 1.54) is 11.6 Å². The summed E-state index contributed by atoms with van der Waals surface area (Å²) in [6.45, 7) is 7.34. The highest BCUT2D eigenvalue weighted by atomic mass is 35.5. The molecule has 178 valence electrons. The summed E-state index contributed by atoms with van der Waals surface area (Å²) in [5.74, 6) is 0.276. The van der Waals surface area contributed by atoms with E-state index in [1.807, 2.05) is 12.1 Å². The molecule has 0 spiro atoms. The molecule has 2 N–H and O–H groups in total. The Balaban J connectivity index is 1.40. The molecule has 2 fully saturated rings. The Hall–Kier alpha value is -2.25. The second-order valence-electron chi connectivity index (χ2n) is 10.3. The van der Waals surface area contributed by atoms with Crippen LogP contribution in [0.5, 0.6) is 0 Å². The lowest BCUT2D eigenvalue weighted by Gasteiger charge is -2.28. The van der Waals surface area contributed by atoms with Crippen molar-refractivity contribution in [3.63, 3.8) is 0 Å². The quantitative estimate of drug-likeness (QED) is 0.521. The van der Waals surface area contributed by atoms with E-state index in [4.69, 9.17) is 11.6 Å². The van der Waals surface area contributed by atoms with Crippen molar-refractivity contribution in [1.29, 1.82) is 0 Å². The van der Waals surface area contributed by atoms with Gasteiger partial charge in [-0.1, -0.05) is 56.6 Å². The largest absolute Gasteiger partial charge is 0.417 e. The predicted octanol–water partition coefficient (Wildman–Crippen LogP) is 6.42. The first-order valence-corrected chi connectivity index (χ1v) is 11.4. The number of carbonyl (C=O) groups is 1. The van der Waals surface area contributed by atoms with Crippen LogP contribution in [0.3, 0.4) is 0 Å². The molecule has 0 aromatic heterocycles. The minimum atomic E-state index is -4.60. The molecule has 33 heavy (non-hydrogen) atoms. The Bertz CT molecular complexity index is 1030. The molecule has 4 rings (SSSR count). The van der Waals surface area contributed by atoms with Gasteiger partial charge >= 0.3 is 12.2 Å². The van der Waals surface area contributed by atoms with Gasteiger partial charge in [-0.25, -0.2) is 4.79 Å². The lowest BCUT2D eigenvalue weighted by molar-refractivity contribution is -0.137. The molecule has 1 saturated heterocycles. The van der Waals surface area contributed by atoms with E-state index in [0.29, 0.717) is 25.9 Å². The summed E-state index contributed by atoms with van der Waals surface area (Å²) in [4.78, 5) is 14.3. The molecule has 2 aromatic rings. The summed E-state index contributed by atoms with van der Waals surface area (Å²) < 4.78 is 39.3. The maximum absolute atomic E-state index is 13.1. The van der Waals surface area contributed by atoms with Crippen molar-refractivity contribution in [3.8, 4) is 0 Å². The molecule has 2 amide bonds. The van der Waals surface area contributed by atoms with Crippen molar-refractivity contribution in [1.82, 2.24) is 4.90 Å². The molecule has 1 heterocycles. The molecule has 2 aromatic carbocycles. The summed E-state index contributed by atoms with van der Waals surface area (Å²) >= 11 is 5.65. The standard InChI is InChI=1S/C25H28ClF3N2O2/c1-23(2,3)17-4-6-18(7-5-17)24(33)11-15-13-31(14-16(15)12-24)22(32)30-19-8-9-21(26)20(10-19)25(27,28)29/h4-10,15-16,33H,11-14H2,1-3H3,(H,30,32)/t15-,16+,24?. The third-order valence-electron chi connectivity index (χ3n) is 6.87. The van der Waals surface area contributed by atoms with E-state index < -0.39 is 28.4 Å². The number of rotatable bonds is 2. The average molecular weight is 481 g/mol. The number of aliphatic hydroxyl groups is 1. The van der Waals surface area contributed by atoms with Gasteiger partial charge in [0.2, 0.25) is 0 Å². The number of halogens is 4. The fourth-order valence-electron chi connectivity index (χ4n) is 5.06. The predicted molar refractivity (Wildman–Crippen MR) is 122 cm³/mol. The fraction of sp³-hybridized carbons (Fsp3) is 0.480. The van der Waals surface area contributed by atoms with Crippen LogP contribution in [0.2, 0.25) is 5.02 Å². The van der Waals surface area contributed by atoms with Gasteiger partial charge in [0.25, 0.3) is 0 Å². The number of benzene rings is 2. The number of amides is 2. The normalized spacial score (nSPS) is 25.3. The van der Waals surface area contributed by atoms with Gasteiger partial charge in [0.15, 0.2) is 0 Å². The Morgan fingerprint density at radius 1 is 1.06 bits per heavy atom. The van der Waals surface area contributed by atoms with E-state index in [-0.39, 0.29) is 22.9 Å². The molecular formula is C25H28ClF3N2O2. The Labute approximate surface area is 196 Å². The maximum Gasteiger partial charge on any atom is 0.417 e. The summed E-state index contributed by atoms with van der Waals surface area (Å²) in [5, 5.41) is 13.5. The topological polar surface area (TPSA) is 52.6 Å². The number of anilines is 1. The van der Waals surface area contributed by atoms with Crippen molar-refractivity contribution in [2.45, 2.75) is 50.8 Å². The summed E-state index contributed by atoms with van der Waals surface area (Å²) in [6.07, 6.45) is -3.50. The minimum absolute atomic E-state index is 0.0339. The van der Waals surface area contributed by atoms with Crippen molar-refractivity contribution in [3.05, 3.63) is 64.2 Å². The van der Waals surface area contributed by atoms with Crippen molar-refractivity contribution < 1.29 is 23.1 Å². The van der Waals surface area contributed by atoms with Crippen molar-refractivity contribution >= 4 is 23.3 Å². The lowest BCUT2D eigenvalue weighted by atomic mass is 9.84. The van der Waals surface area contributed by atoms with E-state index in [2.05, 4.69) is 38.2 Å². The smallest absolute Gasteiger partial charge is 0.385 e. The minimum Gasteiger partial charge on any atom is -0.385 e. The highest BCUT2D eigenvalue weighted by Crippen LogP contribution is 2.49. The molecule has 2 aliphatic rings. The summed E-state index contributed by atoms with van der Waals surface area (Å²) in [5.41, 5.74) is 0.263. The van der Waals surface area contributed by atoms with Crippen LogP contribution in [0, 0.1) is 11.8 Å². The van der Waals surface area contributed by atoms with Gasteiger partial charge in [0, 0.05) is 18.8 Å². The molecule has 4 nitrogen and oxygen atoms in total.